The van der Waals surface area contributed by atoms with E-state index in [2.05, 4.69) is 20.8 Å². The quantitative estimate of drug-likeness (QED) is 0.104. The van der Waals surface area contributed by atoms with Crippen LogP contribution in [0.4, 0.5) is 0 Å². The van der Waals surface area contributed by atoms with Crippen molar-refractivity contribution in [2.45, 2.75) is 201 Å². The van der Waals surface area contributed by atoms with Crippen LogP contribution in [0.5, 0.6) is 0 Å². The zero-order valence-electron chi connectivity index (χ0n) is 23.4. The molecule has 0 amide bonds. The molecule has 1 atom stereocenters. The zero-order valence-corrected chi connectivity index (χ0v) is 23.4. The molecular weight excluding hydrogens is 384 g/mol. The van der Waals surface area contributed by atoms with Gasteiger partial charge in [-0.25, -0.2) is 0 Å². The highest BCUT2D eigenvalue weighted by molar-refractivity contribution is 4.62. The molecule has 194 valence electrons. The maximum absolute atomic E-state index is 2.34. The first kappa shape index (κ1) is 32.0. The Morgan fingerprint density at radius 3 is 0.688 bits per heavy atom. The van der Waals surface area contributed by atoms with Gasteiger partial charge in [0.25, 0.3) is 0 Å². The van der Waals surface area contributed by atoms with Crippen LogP contribution >= 0.6 is 0 Å². The molecule has 32 heavy (non-hydrogen) atoms. The third kappa shape index (κ3) is 26.3. The predicted molar refractivity (Wildman–Crippen MR) is 150 cm³/mol. The molecule has 0 rings (SSSR count). The topological polar surface area (TPSA) is 0 Å². The lowest BCUT2D eigenvalue weighted by molar-refractivity contribution is 0.366. The monoisotopic (exact) mass is 451 g/mol. The first-order valence-corrected chi connectivity index (χ1v) is 15.8. The van der Waals surface area contributed by atoms with E-state index in [9.17, 15) is 0 Å². The Kier molecular flexibility index (Phi) is 29.0. The Bertz CT molecular complexity index is 307. The Balaban J connectivity index is 3.63. The molecule has 0 saturated heterocycles. The van der Waals surface area contributed by atoms with Gasteiger partial charge in [0.2, 0.25) is 0 Å². The minimum atomic E-state index is 1.04. The largest absolute Gasteiger partial charge is 0.0654 e. The molecule has 0 aromatic heterocycles. The normalized spacial score (nSPS) is 12.5. The summed E-state index contributed by atoms with van der Waals surface area (Å²) in [7, 11) is 0. The summed E-state index contributed by atoms with van der Waals surface area (Å²) in [4.78, 5) is 0. The molecule has 0 aromatic rings. The van der Waals surface area contributed by atoms with Crippen LogP contribution in [-0.2, 0) is 0 Å². The van der Waals surface area contributed by atoms with Crippen molar-refractivity contribution in [3.63, 3.8) is 0 Å². The first-order chi connectivity index (χ1) is 15.8. The molecule has 0 aliphatic rings. The van der Waals surface area contributed by atoms with Crippen LogP contribution in [0.3, 0.4) is 0 Å². The predicted octanol–water partition coefficient (Wildman–Crippen LogP) is 12.6. The van der Waals surface area contributed by atoms with Gasteiger partial charge < -0.3 is 0 Å². The van der Waals surface area contributed by atoms with E-state index in [1.54, 1.807) is 0 Å². The second kappa shape index (κ2) is 29.0. The minimum absolute atomic E-state index is 1.04. The molecule has 0 nitrogen and oxygen atoms in total. The van der Waals surface area contributed by atoms with E-state index in [0.717, 1.165) is 5.92 Å². The van der Waals surface area contributed by atoms with E-state index in [-0.39, 0.29) is 0 Å². The van der Waals surface area contributed by atoms with Crippen molar-refractivity contribution in [3.8, 4) is 0 Å². The second-order valence-electron chi connectivity index (χ2n) is 11.0. The standard InChI is InChI=1S/C32H66/c1-4-7-10-13-15-17-18-19-20-21-23-25-28-31-32(29-26-12-9-6-3)30-27-24-22-16-14-11-8-5-2/h32H,4-31H2,1-3H3. The highest BCUT2D eigenvalue weighted by atomic mass is 14.1. The van der Waals surface area contributed by atoms with Gasteiger partial charge in [-0.05, 0) is 5.92 Å². The SMILES string of the molecule is CCCCCCCCCCCCCCCC(CCCCCC)CCCCCCCCCC. The minimum Gasteiger partial charge on any atom is -0.0654 e. The van der Waals surface area contributed by atoms with Gasteiger partial charge in [-0.15, -0.1) is 0 Å². The smallest absolute Gasteiger partial charge is 0.0414 e. The second-order valence-corrected chi connectivity index (χ2v) is 11.0. The lowest BCUT2D eigenvalue weighted by Gasteiger charge is -2.17. The summed E-state index contributed by atoms with van der Waals surface area (Å²) in [6.07, 6.45) is 41.3. The Labute approximate surface area is 206 Å². The number of unbranched alkanes of at least 4 members (excludes halogenated alkanes) is 22. The summed E-state index contributed by atoms with van der Waals surface area (Å²) in [5.74, 6) is 1.04. The molecule has 0 aromatic carbocycles. The van der Waals surface area contributed by atoms with Gasteiger partial charge in [-0.3, -0.25) is 0 Å². The lowest BCUT2D eigenvalue weighted by Crippen LogP contribution is -2.01. The van der Waals surface area contributed by atoms with Gasteiger partial charge in [0.05, 0.1) is 0 Å². The number of hydrogen-bond donors (Lipinski definition) is 0. The van der Waals surface area contributed by atoms with E-state index < -0.39 is 0 Å². The Hall–Kier alpha value is 0. The van der Waals surface area contributed by atoms with Crippen molar-refractivity contribution < 1.29 is 0 Å². The zero-order chi connectivity index (χ0) is 23.4. The van der Waals surface area contributed by atoms with Gasteiger partial charge in [0, 0.05) is 0 Å². The van der Waals surface area contributed by atoms with Crippen molar-refractivity contribution in [1.29, 1.82) is 0 Å². The third-order valence-electron chi connectivity index (χ3n) is 7.65. The highest BCUT2D eigenvalue weighted by Gasteiger charge is 2.08. The lowest BCUT2D eigenvalue weighted by atomic mass is 9.89. The van der Waals surface area contributed by atoms with E-state index in [0.29, 0.717) is 0 Å². The van der Waals surface area contributed by atoms with Crippen molar-refractivity contribution in [1.82, 2.24) is 0 Å². The average Bonchev–Trinajstić information content (AvgIpc) is 2.80. The van der Waals surface area contributed by atoms with Gasteiger partial charge in [-0.2, -0.15) is 0 Å². The maximum Gasteiger partial charge on any atom is -0.0414 e. The van der Waals surface area contributed by atoms with Crippen LogP contribution in [0.1, 0.15) is 201 Å². The van der Waals surface area contributed by atoms with Crippen molar-refractivity contribution in [2.75, 3.05) is 0 Å². The van der Waals surface area contributed by atoms with E-state index in [1.165, 1.54) is 180 Å². The van der Waals surface area contributed by atoms with Gasteiger partial charge >= 0.3 is 0 Å². The van der Waals surface area contributed by atoms with Crippen LogP contribution in [0, 0.1) is 5.92 Å². The average molecular weight is 451 g/mol. The number of rotatable bonds is 28. The fraction of sp³-hybridized carbons (Fsp3) is 1.00. The maximum atomic E-state index is 2.34. The van der Waals surface area contributed by atoms with Gasteiger partial charge in [0.15, 0.2) is 0 Å². The Morgan fingerprint density at radius 2 is 0.438 bits per heavy atom. The van der Waals surface area contributed by atoms with E-state index >= 15 is 0 Å². The van der Waals surface area contributed by atoms with Crippen LogP contribution in [0.2, 0.25) is 0 Å². The molecule has 0 N–H and O–H groups in total. The summed E-state index contributed by atoms with van der Waals surface area (Å²) in [5.41, 5.74) is 0. The molecule has 0 aliphatic heterocycles. The van der Waals surface area contributed by atoms with Crippen LogP contribution in [0.25, 0.3) is 0 Å². The highest BCUT2D eigenvalue weighted by Crippen LogP contribution is 2.24. The third-order valence-corrected chi connectivity index (χ3v) is 7.65. The van der Waals surface area contributed by atoms with Crippen LogP contribution in [0.15, 0.2) is 0 Å². The molecule has 1 unspecified atom stereocenters. The first-order valence-electron chi connectivity index (χ1n) is 15.8. The Morgan fingerprint density at radius 1 is 0.250 bits per heavy atom. The molecular formula is C32H66. The fourth-order valence-electron chi connectivity index (χ4n) is 5.31. The molecule has 0 bridgehead atoms. The molecule has 0 heterocycles. The van der Waals surface area contributed by atoms with Crippen molar-refractivity contribution in [2.24, 2.45) is 5.92 Å². The van der Waals surface area contributed by atoms with Crippen molar-refractivity contribution >= 4 is 0 Å². The summed E-state index contributed by atoms with van der Waals surface area (Å²) in [6.45, 7) is 6.97. The summed E-state index contributed by atoms with van der Waals surface area (Å²) in [6, 6.07) is 0. The molecule has 0 fully saturated rings. The van der Waals surface area contributed by atoms with Crippen LogP contribution < -0.4 is 0 Å². The molecule has 0 spiro atoms. The summed E-state index contributed by atoms with van der Waals surface area (Å²) < 4.78 is 0. The van der Waals surface area contributed by atoms with Crippen LogP contribution in [-0.4, -0.2) is 0 Å². The van der Waals surface area contributed by atoms with E-state index in [4.69, 9.17) is 0 Å². The van der Waals surface area contributed by atoms with Crippen molar-refractivity contribution in [3.05, 3.63) is 0 Å². The number of hydrogen-bond acceptors (Lipinski definition) is 0. The molecule has 0 aliphatic carbocycles. The van der Waals surface area contributed by atoms with E-state index in [1.807, 2.05) is 0 Å². The molecule has 0 radical (unpaired) electrons. The fourth-order valence-corrected chi connectivity index (χ4v) is 5.31. The van der Waals surface area contributed by atoms with Gasteiger partial charge in [-0.1, -0.05) is 201 Å². The summed E-state index contributed by atoms with van der Waals surface area (Å²) >= 11 is 0. The molecule has 0 heteroatoms. The molecule has 0 saturated carbocycles. The summed E-state index contributed by atoms with van der Waals surface area (Å²) in [5, 5.41) is 0. The van der Waals surface area contributed by atoms with Gasteiger partial charge in [0.1, 0.15) is 0 Å².